The Morgan fingerprint density at radius 3 is 1.94 bits per heavy atom. The highest BCUT2D eigenvalue weighted by Gasteiger charge is 2.11. The zero-order valence-electron chi connectivity index (χ0n) is 9.17. The van der Waals surface area contributed by atoms with E-state index in [4.69, 9.17) is 0 Å². The SMILES string of the molecule is [O]CC(Cc1ccccc1)c1ccccc1. The molecule has 16 heavy (non-hydrogen) atoms. The summed E-state index contributed by atoms with van der Waals surface area (Å²) in [7, 11) is 0. The fourth-order valence-corrected chi connectivity index (χ4v) is 1.90. The van der Waals surface area contributed by atoms with Crippen molar-refractivity contribution >= 4 is 0 Å². The van der Waals surface area contributed by atoms with Crippen LogP contribution in [0.15, 0.2) is 60.7 Å². The van der Waals surface area contributed by atoms with Crippen LogP contribution in [0, 0.1) is 0 Å². The molecule has 1 heteroatoms. The lowest BCUT2D eigenvalue weighted by Crippen LogP contribution is -2.06. The molecule has 0 amide bonds. The maximum absolute atomic E-state index is 11.2. The van der Waals surface area contributed by atoms with Crippen LogP contribution >= 0.6 is 0 Å². The molecule has 0 heterocycles. The Bertz CT molecular complexity index is 408. The summed E-state index contributed by atoms with van der Waals surface area (Å²) in [5.74, 6) is 0.0867. The van der Waals surface area contributed by atoms with Gasteiger partial charge in [0, 0.05) is 5.92 Å². The Labute approximate surface area is 96.4 Å². The van der Waals surface area contributed by atoms with Gasteiger partial charge in [-0.1, -0.05) is 60.7 Å². The van der Waals surface area contributed by atoms with E-state index in [-0.39, 0.29) is 12.5 Å². The Morgan fingerprint density at radius 2 is 1.38 bits per heavy atom. The summed E-state index contributed by atoms with van der Waals surface area (Å²) in [5, 5.41) is 11.2. The lowest BCUT2D eigenvalue weighted by molar-refractivity contribution is 0.171. The zero-order valence-corrected chi connectivity index (χ0v) is 9.17. The van der Waals surface area contributed by atoms with E-state index in [0.717, 1.165) is 12.0 Å². The molecule has 0 N–H and O–H groups in total. The molecule has 81 valence electrons. The first-order valence-corrected chi connectivity index (χ1v) is 5.57. The first-order valence-electron chi connectivity index (χ1n) is 5.57. The summed E-state index contributed by atoms with van der Waals surface area (Å²) in [6.45, 7) is -0.0566. The lowest BCUT2D eigenvalue weighted by atomic mass is 9.93. The molecular weight excluding hydrogens is 196 g/mol. The molecule has 0 aliphatic heterocycles. The molecule has 1 atom stereocenters. The third-order valence-corrected chi connectivity index (χ3v) is 2.80. The third kappa shape index (κ3) is 2.71. The van der Waals surface area contributed by atoms with Gasteiger partial charge >= 0.3 is 0 Å². The molecular formula is C15H15O. The van der Waals surface area contributed by atoms with Crippen LogP contribution < -0.4 is 0 Å². The molecule has 0 bridgehead atoms. The van der Waals surface area contributed by atoms with E-state index in [1.807, 2.05) is 48.5 Å². The van der Waals surface area contributed by atoms with E-state index in [1.54, 1.807) is 0 Å². The van der Waals surface area contributed by atoms with Crippen LogP contribution in [0.4, 0.5) is 0 Å². The lowest BCUT2D eigenvalue weighted by Gasteiger charge is -2.13. The molecule has 1 radical (unpaired) electrons. The van der Waals surface area contributed by atoms with Crippen molar-refractivity contribution in [3.05, 3.63) is 71.8 Å². The van der Waals surface area contributed by atoms with Gasteiger partial charge in [-0.25, -0.2) is 5.11 Å². The summed E-state index contributed by atoms with van der Waals surface area (Å²) in [6.07, 6.45) is 0.828. The standard InChI is InChI=1S/C15H15O/c16-12-15(14-9-5-2-6-10-14)11-13-7-3-1-4-8-13/h1-10,15H,11-12H2. The van der Waals surface area contributed by atoms with Crippen molar-refractivity contribution in [3.63, 3.8) is 0 Å². The van der Waals surface area contributed by atoms with Gasteiger partial charge in [-0.3, -0.25) is 0 Å². The summed E-state index contributed by atoms with van der Waals surface area (Å²) < 4.78 is 0. The van der Waals surface area contributed by atoms with Gasteiger partial charge in [-0.15, -0.1) is 0 Å². The van der Waals surface area contributed by atoms with Gasteiger partial charge in [0.25, 0.3) is 0 Å². The largest absolute Gasteiger partial charge is 0.236 e. The second kappa shape index (κ2) is 5.47. The molecule has 0 saturated heterocycles. The third-order valence-electron chi connectivity index (χ3n) is 2.80. The van der Waals surface area contributed by atoms with Crippen LogP contribution in [-0.2, 0) is 11.5 Å². The van der Waals surface area contributed by atoms with Crippen LogP contribution in [0.25, 0.3) is 0 Å². The number of hydrogen-bond donors (Lipinski definition) is 0. The minimum absolute atomic E-state index is 0.0566. The Kier molecular flexibility index (Phi) is 3.73. The van der Waals surface area contributed by atoms with Crippen LogP contribution in [0.3, 0.4) is 0 Å². The van der Waals surface area contributed by atoms with Crippen molar-refractivity contribution in [2.24, 2.45) is 0 Å². The summed E-state index contributed by atoms with van der Waals surface area (Å²) >= 11 is 0. The molecule has 0 saturated carbocycles. The van der Waals surface area contributed by atoms with Crippen molar-refractivity contribution in [1.82, 2.24) is 0 Å². The van der Waals surface area contributed by atoms with Crippen molar-refractivity contribution in [3.8, 4) is 0 Å². The van der Waals surface area contributed by atoms with Gasteiger partial charge < -0.3 is 0 Å². The number of benzene rings is 2. The predicted molar refractivity (Wildman–Crippen MR) is 64.9 cm³/mol. The first kappa shape index (κ1) is 10.9. The molecule has 1 nitrogen and oxygen atoms in total. The molecule has 0 fully saturated rings. The van der Waals surface area contributed by atoms with Crippen molar-refractivity contribution < 1.29 is 5.11 Å². The van der Waals surface area contributed by atoms with Gasteiger partial charge in [0.2, 0.25) is 0 Å². The highest BCUT2D eigenvalue weighted by atomic mass is 16.3. The fourth-order valence-electron chi connectivity index (χ4n) is 1.90. The average molecular weight is 211 g/mol. The van der Waals surface area contributed by atoms with Crippen molar-refractivity contribution in [1.29, 1.82) is 0 Å². The molecule has 2 rings (SSSR count). The zero-order chi connectivity index (χ0) is 11.2. The smallest absolute Gasteiger partial charge is 0.0894 e. The maximum Gasteiger partial charge on any atom is 0.0894 e. The number of rotatable bonds is 4. The fraction of sp³-hybridized carbons (Fsp3) is 0.200. The molecule has 1 unspecified atom stereocenters. The van der Waals surface area contributed by atoms with Gasteiger partial charge in [0.15, 0.2) is 0 Å². The second-order valence-corrected chi connectivity index (χ2v) is 3.96. The van der Waals surface area contributed by atoms with Crippen molar-refractivity contribution in [2.45, 2.75) is 12.3 Å². The van der Waals surface area contributed by atoms with Gasteiger partial charge in [-0.2, -0.15) is 0 Å². The Balaban J connectivity index is 2.13. The van der Waals surface area contributed by atoms with Gasteiger partial charge in [-0.05, 0) is 17.5 Å². The molecule has 0 aromatic heterocycles. The summed E-state index contributed by atoms with van der Waals surface area (Å²) in [5.41, 5.74) is 2.37. The van der Waals surface area contributed by atoms with E-state index < -0.39 is 0 Å². The Morgan fingerprint density at radius 1 is 0.812 bits per heavy atom. The van der Waals surface area contributed by atoms with Crippen LogP contribution in [-0.4, -0.2) is 6.61 Å². The van der Waals surface area contributed by atoms with Crippen LogP contribution in [0.1, 0.15) is 17.0 Å². The minimum Gasteiger partial charge on any atom is -0.236 e. The van der Waals surface area contributed by atoms with E-state index in [2.05, 4.69) is 12.1 Å². The second-order valence-electron chi connectivity index (χ2n) is 3.96. The molecule has 0 spiro atoms. The minimum atomic E-state index is -0.0566. The average Bonchev–Trinajstić information content (AvgIpc) is 2.38. The summed E-state index contributed by atoms with van der Waals surface area (Å²) in [6, 6.07) is 20.2. The van der Waals surface area contributed by atoms with E-state index in [1.165, 1.54) is 5.56 Å². The quantitative estimate of drug-likeness (QED) is 0.738. The van der Waals surface area contributed by atoms with Gasteiger partial charge in [0.05, 0.1) is 6.61 Å². The van der Waals surface area contributed by atoms with Crippen LogP contribution in [0.2, 0.25) is 0 Å². The van der Waals surface area contributed by atoms with E-state index in [0.29, 0.717) is 0 Å². The maximum atomic E-state index is 11.2. The molecule has 2 aromatic rings. The highest BCUT2D eigenvalue weighted by Crippen LogP contribution is 2.20. The monoisotopic (exact) mass is 211 g/mol. The first-order chi connectivity index (χ1) is 7.90. The molecule has 0 aliphatic carbocycles. The highest BCUT2D eigenvalue weighted by molar-refractivity contribution is 5.24. The molecule has 2 aromatic carbocycles. The normalized spacial score (nSPS) is 12.3. The van der Waals surface area contributed by atoms with Crippen molar-refractivity contribution in [2.75, 3.05) is 6.61 Å². The number of hydrogen-bond acceptors (Lipinski definition) is 0. The predicted octanol–water partition coefficient (Wildman–Crippen LogP) is 3.44. The van der Waals surface area contributed by atoms with E-state index in [9.17, 15) is 5.11 Å². The Hall–Kier alpha value is -1.60. The van der Waals surface area contributed by atoms with Crippen LogP contribution in [0.5, 0.6) is 0 Å². The topological polar surface area (TPSA) is 19.9 Å². The van der Waals surface area contributed by atoms with E-state index >= 15 is 0 Å². The van der Waals surface area contributed by atoms with Gasteiger partial charge in [0.1, 0.15) is 0 Å². The summed E-state index contributed by atoms with van der Waals surface area (Å²) in [4.78, 5) is 0. The molecule has 0 aliphatic rings.